The van der Waals surface area contributed by atoms with Crippen molar-refractivity contribution in [2.75, 3.05) is 26.2 Å². The Hall–Kier alpha value is -0.970. The van der Waals surface area contributed by atoms with E-state index >= 15 is 0 Å². The minimum atomic E-state index is 0.110. The number of hydrogen-bond donors (Lipinski definition) is 2. The Kier molecular flexibility index (Phi) is 4.69. The predicted octanol–water partition coefficient (Wildman–Crippen LogP) is 1.37. The van der Waals surface area contributed by atoms with Gasteiger partial charge in [-0.05, 0) is 24.4 Å². The van der Waals surface area contributed by atoms with E-state index in [4.69, 9.17) is 23.1 Å². The second-order valence-corrected chi connectivity index (χ2v) is 5.43. The van der Waals surface area contributed by atoms with Gasteiger partial charge in [-0.3, -0.25) is 0 Å². The molecule has 0 amide bonds. The summed E-state index contributed by atoms with van der Waals surface area (Å²) in [6, 6.07) is 10.2. The summed E-state index contributed by atoms with van der Waals surface area (Å²) < 4.78 is 0. The van der Waals surface area contributed by atoms with Crippen molar-refractivity contribution in [3.8, 4) is 0 Å². The van der Waals surface area contributed by atoms with Gasteiger partial charge in [0.05, 0.1) is 4.99 Å². The second kappa shape index (κ2) is 6.27. The molecular weight excluding hydrogens is 244 g/mol. The lowest BCUT2D eigenvalue weighted by molar-refractivity contribution is 0.221. The number of benzene rings is 1. The first-order valence-electron chi connectivity index (χ1n) is 6.38. The van der Waals surface area contributed by atoms with Crippen LogP contribution in [0.15, 0.2) is 30.3 Å². The maximum absolute atomic E-state index is 9.17. The third kappa shape index (κ3) is 3.28. The molecule has 2 unspecified atom stereocenters. The van der Waals surface area contributed by atoms with Crippen LogP contribution >= 0.6 is 12.2 Å². The molecule has 1 saturated heterocycles. The van der Waals surface area contributed by atoms with Crippen molar-refractivity contribution in [2.45, 2.75) is 12.3 Å². The van der Waals surface area contributed by atoms with Gasteiger partial charge in [0.2, 0.25) is 0 Å². The van der Waals surface area contributed by atoms with E-state index in [-0.39, 0.29) is 12.5 Å². The molecule has 98 valence electrons. The lowest BCUT2D eigenvalue weighted by Gasteiger charge is -2.23. The average Bonchev–Trinajstić information content (AvgIpc) is 2.84. The topological polar surface area (TPSA) is 49.5 Å². The molecule has 0 bridgehead atoms. The summed E-state index contributed by atoms with van der Waals surface area (Å²) in [5.41, 5.74) is 7.05. The lowest BCUT2D eigenvalue weighted by atomic mass is 9.98. The van der Waals surface area contributed by atoms with E-state index in [0.29, 0.717) is 10.9 Å². The normalized spacial score (nSPS) is 21.9. The molecule has 0 saturated carbocycles. The minimum Gasteiger partial charge on any atom is -0.396 e. The molecule has 1 aromatic carbocycles. The average molecular weight is 264 g/mol. The van der Waals surface area contributed by atoms with E-state index in [0.717, 1.165) is 26.1 Å². The number of nitrogens with two attached hydrogens (primary N) is 1. The molecule has 0 radical (unpaired) electrons. The molecule has 3 nitrogen and oxygen atoms in total. The summed E-state index contributed by atoms with van der Waals surface area (Å²) in [6.45, 7) is 3.11. The second-order valence-electron chi connectivity index (χ2n) is 4.96. The molecule has 0 aliphatic carbocycles. The molecule has 4 heteroatoms. The van der Waals surface area contributed by atoms with Crippen LogP contribution in [0.25, 0.3) is 0 Å². The smallest absolute Gasteiger partial charge is 0.0816 e. The van der Waals surface area contributed by atoms with E-state index in [1.165, 1.54) is 5.56 Å². The zero-order valence-corrected chi connectivity index (χ0v) is 11.3. The van der Waals surface area contributed by atoms with Crippen molar-refractivity contribution in [1.82, 2.24) is 4.90 Å². The van der Waals surface area contributed by atoms with Gasteiger partial charge in [-0.25, -0.2) is 0 Å². The van der Waals surface area contributed by atoms with E-state index in [2.05, 4.69) is 17.0 Å². The molecular formula is C14H20N2OS. The standard InChI is InChI=1S/C14H20N2OS/c15-14(18)13(12-4-2-1-3-5-12)9-16-7-6-11(8-16)10-17/h1-5,11,13,17H,6-10H2,(H2,15,18). The molecule has 1 aromatic rings. The predicted molar refractivity (Wildman–Crippen MR) is 77.6 cm³/mol. The van der Waals surface area contributed by atoms with Crippen LogP contribution in [0.2, 0.25) is 0 Å². The molecule has 0 aromatic heterocycles. The van der Waals surface area contributed by atoms with Crippen LogP contribution in [-0.4, -0.2) is 41.2 Å². The summed E-state index contributed by atoms with van der Waals surface area (Å²) in [4.78, 5) is 2.89. The summed E-state index contributed by atoms with van der Waals surface area (Å²) in [6.07, 6.45) is 1.06. The molecule has 1 aliphatic heterocycles. The van der Waals surface area contributed by atoms with Gasteiger partial charge in [-0.2, -0.15) is 0 Å². The third-order valence-corrected chi connectivity index (χ3v) is 3.90. The molecule has 1 aliphatic rings. The van der Waals surface area contributed by atoms with Crippen molar-refractivity contribution >= 4 is 17.2 Å². The third-order valence-electron chi connectivity index (χ3n) is 3.61. The Labute approximate surface area is 114 Å². The fourth-order valence-electron chi connectivity index (χ4n) is 2.53. The quantitative estimate of drug-likeness (QED) is 0.789. The zero-order valence-electron chi connectivity index (χ0n) is 10.5. The van der Waals surface area contributed by atoms with Gasteiger partial charge in [-0.1, -0.05) is 42.5 Å². The first kappa shape index (κ1) is 13.5. The SMILES string of the molecule is NC(=S)C(CN1CCC(CO)C1)c1ccccc1. The van der Waals surface area contributed by atoms with E-state index in [1.54, 1.807) is 0 Å². The Morgan fingerprint density at radius 2 is 2.17 bits per heavy atom. The van der Waals surface area contributed by atoms with Gasteiger partial charge in [0.1, 0.15) is 0 Å². The monoisotopic (exact) mass is 264 g/mol. The number of nitrogens with zero attached hydrogens (tertiary/aromatic N) is 1. The number of rotatable bonds is 5. The number of aliphatic hydroxyl groups excluding tert-OH is 1. The van der Waals surface area contributed by atoms with Crippen LogP contribution < -0.4 is 5.73 Å². The van der Waals surface area contributed by atoms with Crippen molar-refractivity contribution in [2.24, 2.45) is 11.7 Å². The summed E-state index contributed by atoms with van der Waals surface area (Å²) in [5.74, 6) is 0.520. The number of hydrogen-bond acceptors (Lipinski definition) is 3. The van der Waals surface area contributed by atoms with E-state index in [9.17, 15) is 0 Å². The summed E-state index contributed by atoms with van der Waals surface area (Å²) in [5, 5.41) is 9.17. The van der Waals surface area contributed by atoms with Gasteiger partial charge < -0.3 is 15.7 Å². The maximum Gasteiger partial charge on any atom is 0.0816 e. The molecule has 2 rings (SSSR count). The van der Waals surface area contributed by atoms with Crippen LogP contribution in [-0.2, 0) is 0 Å². The highest BCUT2D eigenvalue weighted by atomic mass is 32.1. The van der Waals surface area contributed by atoms with Gasteiger partial charge in [-0.15, -0.1) is 0 Å². The Bertz CT molecular complexity index is 396. The lowest BCUT2D eigenvalue weighted by Crippen LogP contribution is -2.33. The van der Waals surface area contributed by atoms with Gasteiger partial charge in [0.15, 0.2) is 0 Å². The number of likely N-dealkylation sites (tertiary alicyclic amines) is 1. The highest BCUT2D eigenvalue weighted by Crippen LogP contribution is 2.22. The van der Waals surface area contributed by atoms with Crippen molar-refractivity contribution in [3.05, 3.63) is 35.9 Å². The molecule has 0 spiro atoms. The van der Waals surface area contributed by atoms with E-state index in [1.807, 2.05) is 18.2 Å². The minimum absolute atomic E-state index is 0.110. The Morgan fingerprint density at radius 3 is 2.72 bits per heavy atom. The zero-order chi connectivity index (χ0) is 13.0. The van der Waals surface area contributed by atoms with Crippen LogP contribution in [0.3, 0.4) is 0 Å². The van der Waals surface area contributed by atoms with Gasteiger partial charge >= 0.3 is 0 Å². The molecule has 3 N–H and O–H groups in total. The largest absolute Gasteiger partial charge is 0.396 e. The molecule has 1 heterocycles. The van der Waals surface area contributed by atoms with Crippen molar-refractivity contribution in [1.29, 1.82) is 0 Å². The molecule has 18 heavy (non-hydrogen) atoms. The number of thiocarbonyl (C=S) groups is 1. The first-order chi connectivity index (χ1) is 8.70. The first-order valence-corrected chi connectivity index (χ1v) is 6.79. The van der Waals surface area contributed by atoms with Crippen molar-refractivity contribution < 1.29 is 5.11 Å². The van der Waals surface area contributed by atoms with Gasteiger partial charge in [0, 0.05) is 25.6 Å². The highest BCUT2D eigenvalue weighted by molar-refractivity contribution is 7.80. The Balaban J connectivity index is 2.02. The van der Waals surface area contributed by atoms with E-state index < -0.39 is 0 Å². The van der Waals surface area contributed by atoms with Crippen LogP contribution in [0.4, 0.5) is 0 Å². The summed E-state index contributed by atoms with van der Waals surface area (Å²) in [7, 11) is 0. The fourth-order valence-corrected chi connectivity index (χ4v) is 2.74. The van der Waals surface area contributed by atoms with Crippen molar-refractivity contribution in [3.63, 3.8) is 0 Å². The maximum atomic E-state index is 9.17. The van der Waals surface area contributed by atoms with Crippen LogP contribution in [0, 0.1) is 5.92 Å². The Morgan fingerprint density at radius 1 is 1.44 bits per heavy atom. The fraction of sp³-hybridized carbons (Fsp3) is 0.500. The van der Waals surface area contributed by atoms with Crippen LogP contribution in [0.1, 0.15) is 17.9 Å². The number of aliphatic hydroxyl groups is 1. The van der Waals surface area contributed by atoms with Gasteiger partial charge in [0.25, 0.3) is 0 Å². The highest BCUT2D eigenvalue weighted by Gasteiger charge is 2.25. The summed E-state index contributed by atoms with van der Waals surface area (Å²) >= 11 is 5.19. The van der Waals surface area contributed by atoms with Crippen LogP contribution in [0.5, 0.6) is 0 Å². The molecule has 2 atom stereocenters. The molecule has 1 fully saturated rings.